The highest BCUT2D eigenvalue weighted by Crippen LogP contribution is 2.34. The van der Waals surface area contributed by atoms with Gasteiger partial charge in [-0.1, -0.05) is 36.4 Å². The van der Waals surface area contributed by atoms with E-state index in [1.807, 2.05) is 36.4 Å². The summed E-state index contributed by atoms with van der Waals surface area (Å²) in [6.07, 6.45) is 2.09. The molecule has 0 aliphatic rings. The molecule has 0 atom stereocenters. The molecule has 0 unspecified atom stereocenters. The first-order valence-corrected chi connectivity index (χ1v) is 7.96. The van der Waals surface area contributed by atoms with Crippen LogP contribution in [0.15, 0.2) is 79.0 Å². The van der Waals surface area contributed by atoms with Crippen molar-refractivity contribution in [3.8, 4) is 11.3 Å². The van der Waals surface area contributed by atoms with E-state index in [1.54, 1.807) is 0 Å². The summed E-state index contributed by atoms with van der Waals surface area (Å²) in [5, 5.41) is 2.40. The van der Waals surface area contributed by atoms with Crippen molar-refractivity contribution < 1.29 is 0 Å². The van der Waals surface area contributed by atoms with Gasteiger partial charge >= 0.3 is 0 Å². The molecule has 0 saturated heterocycles. The molecule has 0 aliphatic carbocycles. The molecular formula is C21H15N3. The molecule has 0 fully saturated rings. The molecule has 0 radical (unpaired) electrons. The van der Waals surface area contributed by atoms with Gasteiger partial charge in [-0.05, 0) is 36.4 Å². The Morgan fingerprint density at radius 2 is 1.58 bits per heavy atom. The zero-order chi connectivity index (χ0) is 16.1. The van der Waals surface area contributed by atoms with E-state index in [0.29, 0.717) is 0 Å². The smallest absolute Gasteiger partial charge is 0.0956 e. The average Bonchev–Trinajstić information content (AvgIpc) is 3.02. The van der Waals surface area contributed by atoms with Crippen LogP contribution in [0.5, 0.6) is 0 Å². The van der Waals surface area contributed by atoms with Gasteiger partial charge < -0.3 is 10.1 Å². The molecule has 3 aromatic heterocycles. The number of benzene rings is 2. The van der Waals surface area contributed by atoms with E-state index in [-0.39, 0.29) is 0 Å². The van der Waals surface area contributed by atoms with E-state index in [0.717, 1.165) is 28.0 Å². The molecular weight excluding hydrogens is 294 g/mol. The van der Waals surface area contributed by atoms with Crippen LogP contribution in [0.4, 0.5) is 5.69 Å². The summed E-state index contributed by atoms with van der Waals surface area (Å²) in [6, 6.07) is 24.7. The highest BCUT2D eigenvalue weighted by Gasteiger charge is 2.14. The third kappa shape index (κ3) is 1.82. The fourth-order valence-corrected chi connectivity index (χ4v) is 3.39. The van der Waals surface area contributed by atoms with Crippen molar-refractivity contribution in [3.05, 3.63) is 79.0 Å². The predicted molar refractivity (Wildman–Crippen MR) is 100 cm³/mol. The standard InChI is InChI=1S/C21H15N3/c22-15-10-8-14(9-11-15)20-21-18(13-16-5-3-4-12-24(16)21)17-6-1-2-7-19(17)23-20/h1-13H,22H2. The van der Waals surface area contributed by atoms with Gasteiger partial charge in [0.2, 0.25) is 0 Å². The monoisotopic (exact) mass is 309 g/mol. The first kappa shape index (κ1) is 13.1. The van der Waals surface area contributed by atoms with Crippen LogP contribution in [0.25, 0.3) is 38.6 Å². The highest BCUT2D eigenvalue weighted by atomic mass is 14.9. The summed E-state index contributed by atoms with van der Waals surface area (Å²) in [4.78, 5) is 4.96. The van der Waals surface area contributed by atoms with E-state index in [1.165, 1.54) is 16.3 Å². The summed E-state index contributed by atoms with van der Waals surface area (Å²) >= 11 is 0. The van der Waals surface area contributed by atoms with Crippen molar-refractivity contribution in [2.75, 3.05) is 5.73 Å². The Kier molecular flexibility index (Phi) is 2.65. The van der Waals surface area contributed by atoms with Crippen LogP contribution in [0.1, 0.15) is 0 Å². The van der Waals surface area contributed by atoms with Crippen LogP contribution >= 0.6 is 0 Å². The van der Waals surface area contributed by atoms with E-state index in [4.69, 9.17) is 10.7 Å². The van der Waals surface area contributed by atoms with Gasteiger partial charge in [-0.2, -0.15) is 0 Å². The molecule has 0 bridgehead atoms. The maximum absolute atomic E-state index is 5.85. The van der Waals surface area contributed by atoms with Crippen LogP contribution in [0.3, 0.4) is 0 Å². The quantitative estimate of drug-likeness (QED) is 0.448. The van der Waals surface area contributed by atoms with E-state index >= 15 is 0 Å². The molecule has 2 N–H and O–H groups in total. The largest absolute Gasteiger partial charge is 0.399 e. The number of nitrogen functional groups attached to an aromatic ring is 1. The molecule has 3 heterocycles. The van der Waals surface area contributed by atoms with Crippen molar-refractivity contribution in [3.63, 3.8) is 0 Å². The van der Waals surface area contributed by atoms with Crippen molar-refractivity contribution in [2.24, 2.45) is 0 Å². The molecule has 5 rings (SSSR count). The lowest BCUT2D eigenvalue weighted by atomic mass is 10.0. The second-order valence-corrected chi connectivity index (χ2v) is 6.00. The molecule has 0 aliphatic heterocycles. The average molecular weight is 309 g/mol. The van der Waals surface area contributed by atoms with Crippen molar-refractivity contribution in [1.29, 1.82) is 0 Å². The Hall–Kier alpha value is -3.33. The molecule has 5 aromatic rings. The lowest BCUT2D eigenvalue weighted by molar-refractivity contribution is 1.24. The van der Waals surface area contributed by atoms with Gasteiger partial charge in [0.05, 0.1) is 16.7 Å². The van der Waals surface area contributed by atoms with Crippen LogP contribution in [-0.4, -0.2) is 9.38 Å². The lowest BCUT2D eigenvalue weighted by Crippen LogP contribution is -1.92. The number of hydrogen-bond donors (Lipinski definition) is 1. The Morgan fingerprint density at radius 1 is 0.792 bits per heavy atom. The third-order valence-electron chi connectivity index (χ3n) is 4.51. The molecule has 2 aromatic carbocycles. The van der Waals surface area contributed by atoms with Gasteiger partial charge in [0, 0.05) is 33.7 Å². The number of nitrogens with two attached hydrogens (primary N) is 1. The number of aromatic nitrogens is 2. The molecule has 3 heteroatoms. The fourth-order valence-electron chi connectivity index (χ4n) is 3.39. The Labute approximate surface area is 139 Å². The van der Waals surface area contributed by atoms with Crippen LogP contribution in [-0.2, 0) is 0 Å². The van der Waals surface area contributed by atoms with Crippen molar-refractivity contribution in [2.45, 2.75) is 0 Å². The zero-order valence-corrected chi connectivity index (χ0v) is 13.0. The first-order chi connectivity index (χ1) is 11.8. The van der Waals surface area contributed by atoms with Gasteiger partial charge in [0.1, 0.15) is 0 Å². The molecule has 3 nitrogen and oxygen atoms in total. The zero-order valence-electron chi connectivity index (χ0n) is 13.0. The Bertz CT molecular complexity index is 1200. The predicted octanol–water partition coefficient (Wildman–Crippen LogP) is 4.89. The van der Waals surface area contributed by atoms with Crippen molar-refractivity contribution in [1.82, 2.24) is 9.38 Å². The minimum Gasteiger partial charge on any atom is -0.399 e. The molecule has 114 valence electrons. The first-order valence-electron chi connectivity index (χ1n) is 7.96. The second-order valence-electron chi connectivity index (χ2n) is 6.00. The topological polar surface area (TPSA) is 43.3 Å². The van der Waals surface area contributed by atoms with Crippen LogP contribution in [0.2, 0.25) is 0 Å². The highest BCUT2D eigenvalue weighted by molar-refractivity contribution is 6.12. The molecule has 24 heavy (non-hydrogen) atoms. The summed E-state index contributed by atoms with van der Waals surface area (Å²) in [5.41, 5.74) is 12.0. The second kappa shape index (κ2) is 4.83. The number of para-hydroxylation sites is 1. The van der Waals surface area contributed by atoms with Crippen molar-refractivity contribution >= 4 is 33.0 Å². The Balaban J connectivity index is 2.01. The van der Waals surface area contributed by atoms with Crippen LogP contribution < -0.4 is 5.73 Å². The lowest BCUT2D eigenvalue weighted by Gasteiger charge is -2.08. The summed E-state index contributed by atoms with van der Waals surface area (Å²) in [5.74, 6) is 0. The van der Waals surface area contributed by atoms with Gasteiger partial charge in [-0.15, -0.1) is 0 Å². The van der Waals surface area contributed by atoms with E-state index < -0.39 is 0 Å². The van der Waals surface area contributed by atoms with Crippen LogP contribution in [0, 0.1) is 0 Å². The minimum absolute atomic E-state index is 0.760. The van der Waals surface area contributed by atoms with Gasteiger partial charge in [-0.3, -0.25) is 0 Å². The maximum Gasteiger partial charge on any atom is 0.0956 e. The normalized spacial score (nSPS) is 11.5. The number of hydrogen-bond acceptors (Lipinski definition) is 2. The summed E-state index contributed by atoms with van der Waals surface area (Å²) in [7, 11) is 0. The summed E-state index contributed by atoms with van der Waals surface area (Å²) in [6.45, 7) is 0. The fraction of sp³-hybridized carbons (Fsp3) is 0. The maximum atomic E-state index is 5.85. The number of rotatable bonds is 1. The molecule has 0 spiro atoms. The molecule has 0 saturated carbocycles. The molecule has 0 amide bonds. The van der Waals surface area contributed by atoms with Gasteiger partial charge in [0.25, 0.3) is 0 Å². The SMILES string of the molecule is Nc1ccc(-c2nc3ccccc3c3cc4ccccn4c23)cc1. The third-order valence-corrected chi connectivity index (χ3v) is 4.51. The van der Waals surface area contributed by atoms with Gasteiger partial charge in [0.15, 0.2) is 0 Å². The number of pyridine rings is 2. The Morgan fingerprint density at radius 3 is 2.46 bits per heavy atom. The summed E-state index contributed by atoms with van der Waals surface area (Å²) < 4.78 is 2.21. The van der Waals surface area contributed by atoms with E-state index in [9.17, 15) is 0 Å². The minimum atomic E-state index is 0.760. The number of anilines is 1. The number of fused-ring (bicyclic) bond motifs is 5. The van der Waals surface area contributed by atoms with Gasteiger partial charge in [-0.25, -0.2) is 4.98 Å². The number of nitrogens with zero attached hydrogens (tertiary/aromatic N) is 2. The van der Waals surface area contributed by atoms with E-state index in [2.05, 4.69) is 47.0 Å².